The number of nitrogens with zero attached hydrogens (tertiary/aromatic N) is 4. The number of benzene rings is 1. The van der Waals surface area contributed by atoms with Crippen molar-refractivity contribution in [2.45, 2.75) is 32.7 Å². The van der Waals surface area contributed by atoms with Crippen molar-refractivity contribution in [1.29, 1.82) is 5.26 Å². The normalized spacial score (nSPS) is 23.0. The van der Waals surface area contributed by atoms with Crippen LogP contribution in [0.25, 0.3) is 11.0 Å². The Morgan fingerprint density at radius 2 is 2.04 bits per heavy atom. The van der Waals surface area contributed by atoms with Crippen molar-refractivity contribution in [2.75, 3.05) is 31.1 Å². The Hall–Kier alpha value is -2.70. The topological polar surface area (TPSA) is 103 Å². The molecule has 2 aromatic rings. The maximum atomic E-state index is 15.4. The van der Waals surface area contributed by atoms with Crippen LogP contribution < -0.4 is 4.90 Å². The molecule has 1 amide bonds. The summed E-state index contributed by atoms with van der Waals surface area (Å²) >= 11 is 0. The molecule has 8 nitrogen and oxygen atoms in total. The number of aliphatic hydroxyl groups excluding tert-OH is 1. The molecule has 3 heterocycles. The standard InChI is InChI=1S/C19H21FN4O4/c1-10-5-23(6-11(2)27-10)17-13(9-25)3-14-16(22-28-18(14)15(17)20)19(26)24-7-12(4-21)8-24/h3,10-12,25H,5-9H2,1-2H3. The van der Waals surface area contributed by atoms with Gasteiger partial charge in [-0.05, 0) is 19.9 Å². The molecule has 0 spiro atoms. The van der Waals surface area contributed by atoms with Gasteiger partial charge in [-0.1, -0.05) is 5.16 Å². The minimum atomic E-state index is -0.645. The summed E-state index contributed by atoms with van der Waals surface area (Å²) in [6, 6.07) is 3.66. The lowest BCUT2D eigenvalue weighted by molar-refractivity contribution is -0.00550. The van der Waals surface area contributed by atoms with Gasteiger partial charge in [-0.15, -0.1) is 0 Å². The van der Waals surface area contributed by atoms with Gasteiger partial charge < -0.3 is 24.2 Å². The van der Waals surface area contributed by atoms with E-state index in [1.54, 1.807) is 6.07 Å². The Kier molecular flexibility index (Phi) is 4.69. The lowest BCUT2D eigenvalue weighted by Gasteiger charge is -2.37. The number of hydrogen-bond donors (Lipinski definition) is 1. The smallest absolute Gasteiger partial charge is 0.276 e. The van der Waals surface area contributed by atoms with Crippen molar-refractivity contribution in [2.24, 2.45) is 5.92 Å². The molecule has 1 aromatic carbocycles. The molecule has 2 aliphatic rings. The molecule has 1 aromatic heterocycles. The first-order chi connectivity index (χ1) is 13.4. The number of fused-ring (bicyclic) bond motifs is 1. The number of rotatable bonds is 3. The van der Waals surface area contributed by atoms with Crippen molar-refractivity contribution in [3.05, 3.63) is 23.1 Å². The van der Waals surface area contributed by atoms with Gasteiger partial charge >= 0.3 is 0 Å². The van der Waals surface area contributed by atoms with E-state index in [2.05, 4.69) is 11.2 Å². The van der Waals surface area contributed by atoms with Crippen molar-refractivity contribution in [1.82, 2.24) is 10.1 Å². The average Bonchev–Trinajstić information content (AvgIpc) is 3.03. The minimum absolute atomic E-state index is 0.00439. The third kappa shape index (κ3) is 2.99. The van der Waals surface area contributed by atoms with E-state index in [-0.39, 0.29) is 47.1 Å². The van der Waals surface area contributed by atoms with E-state index >= 15 is 4.39 Å². The van der Waals surface area contributed by atoms with Crippen LogP contribution in [-0.2, 0) is 11.3 Å². The number of ether oxygens (including phenoxy) is 1. The van der Waals surface area contributed by atoms with E-state index in [4.69, 9.17) is 14.5 Å². The van der Waals surface area contributed by atoms with Crippen LogP contribution in [-0.4, -0.2) is 59.5 Å². The fraction of sp³-hybridized carbons (Fsp3) is 0.526. The zero-order chi connectivity index (χ0) is 20.0. The van der Waals surface area contributed by atoms with E-state index in [1.807, 2.05) is 18.7 Å². The van der Waals surface area contributed by atoms with Crippen molar-refractivity contribution in [3.63, 3.8) is 0 Å². The van der Waals surface area contributed by atoms with E-state index in [1.165, 1.54) is 4.90 Å². The molecule has 2 fully saturated rings. The number of aliphatic hydroxyl groups is 1. The van der Waals surface area contributed by atoms with Gasteiger partial charge in [0, 0.05) is 31.7 Å². The molecule has 2 atom stereocenters. The summed E-state index contributed by atoms with van der Waals surface area (Å²) in [7, 11) is 0. The van der Waals surface area contributed by atoms with Crippen molar-refractivity contribution >= 4 is 22.6 Å². The van der Waals surface area contributed by atoms with E-state index in [0.717, 1.165) is 0 Å². The van der Waals surface area contributed by atoms with Crippen LogP contribution in [0.4, 0.5) is 10.1 Å². The summed E-state index contributed by atoms with van der Waals surface area (Å²) in [6.45, 7) is 5.02. The Morgan fingerprint density at radius 3 is 2.64 bits per heavy atom. The average molecular weight is 388 g/mol. The van der Waals surface area contributed by atoms with Crippen molar-refractivity contribution < 1.29 is 23.6 Å². The van der Waals surface area contributed by atoms with E-state index in [9.17, 15) is 9.90 Å². The lowest BCUT2D eigenvalue weighted by atomic mass is 10.0. The number of amides is 1. The summed E-state index contributed by atoms with van der Waals surface area (Å²) in [5.74, 6) is -1.24. The maximum Gasteiger partial charge on any atom is 0.276 e. The molecule has 28 heavy (non-hydrogen) atoms. The molecule has 0 bridgehead atoms. The zero-order valence-electron chi connectivity index (χ0n) is 15.7. The molecule has 2 aliphatic heterocycles. The number of morpholine rings is 1. The molecular formula is C19H21FN4O4. The monoisotopic (exact) mass is 388 g/mol. The van der Waals surface area contributed by atoms with Crippen LogP contribution >= 0.6 is 0 Å². The third-order valence-corrected chi connectivity index (χ3v) is 5.22. The van der Waals surface area contributed by atoms with Crippen molar-refractivity contribution in [3.8, 4) is 6.07 Å². The number of halogens is 1. The number of hydrogen-bond acceptors (Lipinski definition) is 7. The SMILES string of the molecule is CC1CN(c2c(CO)cc3c(C(=O)N4CC(C#N)C4)noc3c2F)CC(C)O1. The first-order valence-electron chi connectivity index (χ1n) is 9.23. The van der Waals surface area contributed by atoms with Gasteiger partial charge in [0.05, 0.1) is 41.9 Å². The van der Waals surface area contributed by atoms with Gasteiger partial charge in [0.2, 0.25) is 5.58 Å². The van der Waals surface area contributed by atoms with E-state index in [0.29, 0.717) is 31.7 Å². The molecule has 1 N–H and O–H groups in total. The molecule has 148 valence electrons. The molecule has 0 radical (unpaired) electrons. The number of carbonyl (C=O) groups excluding carboxylic acids is 1. The van der Waals surface area contributed by atoms with Crippen LogP contribution in [0.1, 0.15) is 29.9 Å². The molecule has 0 saturated carbocycles. The van der Waals surface area contributed by atoms with Crippen LogP contribution in [0.15, 0.2) is 10.6 Å². The minimum Gasteiger partial charge on any atom is -0.392 e. The van der Waals surface area contributed by atoms with Gasteiger partial charge in [-0.25, -0.2) is 4.39 Å². The predicted molar refractivity (Wildman–Crippen MR) is 97.1 cm³/mol. The first-order valence-corrected chi connectivity index (χ1v) is 9.23. The number of carbonyl (C=O) groups is 1. The van der Waals surface area contributed by atoms with Crippen LogP contribution in [0.3, 0.4) is 0 Å². The second-order valence-electron chi connectivity index (χ2n) is 7.46. The van der Waals surface area contributed by atoms with Crippen LogP contribution in [0, 0.1) is 23.1 Å². The zero-order valence-corrected chi connectivity index (χ0v) is 15.7. The third-order valence-electron chi connectivity index (χ3n) is 5.22. The Morgan fingerprint density at radius 1 is 1.36 bits per heavy atom. The van der Waals surface area contributed by atoms with Gasteiger partial charge in [0.15, 0.2) is 11.5 Å². The molecule has 4 rings (SSSR count). The number of nitriles is 1. The second kappa shape index (κ2) is 7.04. The highest BCUT2D eigenvalue weighted by atomic mass is 19.1. The lowest BCUT2D eigenvalue weighted by Crippen LogP contribution is -2.49. The molecule has 0 aliphatic carbocycles. The largest absolute Gasteiger partial charge is 0.392 e. The fourth-order valence-corrected chi connectivity index (χ4v) is 3.93. The first kappa shape index (κ1) is 18.7. The van der Waals surface area contributed by atoms with Gasteiger partial charge in [-0.2, -0.15) is 5.26 Å². The second-order valence-corrected chi connectivity index (χ2v) is 7.46. The summed E-state index contributed by atoms with van der Waals surface area (Å²) in [5.41, 5.74) is 0.498. The molecule has 2 saturated heterocycles. The van der Waals surface area contributed by atoms with Crippen LogP contribution in [0.2, 0.25) is 0 Å². The molecular weight excluding hydrogens is 367 g/mol. The Bertz CT molecular complexity index is 953. The van der Waals surface area contributed by atoms with Gasteiger partial charge in [0.1, 0.15) is 0 Å². The summed E-state index contributed by atoms with van der Waals surface area (Å²) in [5, 5.41) is 22.7. The van der Waals surface area contributed by atoms with Crippen LogP contribution in [0.5, 0.6) is 0 Å². The highest BCUT2D eigenvalue weighted by molar-refractivity contribution is 6.05. The summed E-state index contributed by atoms with van der Waals surface area (Å²) < 4.78 is 26.2. The number of likely N-dealkylation sites (tertiary alicyclic amines) is 1. The van der Waals surface area contributed by atoms with Gasteiger partial charge in [-0.3, -0.25) is 4.79 Å². The van der Waals surface area contributed by atoms with E-state index < -0.39 is 11.7 Å². The molecule has 2 unspecified atom stereocenters. The number of anilines is 1. The van der Waals surface area contributed by atoms with Gasteiger partial charge in [0.25, 0.3) is 5.91 Å². The highest BCUT2D eigenvalue weighted by Crippen LogP contribution is 2.35. The fourth-order valence-electron chi connectivity index (χ4n) is 3.93. The number of aromatic nitrogens is 1. The maximum absolute atomic E-state index is 15.4. The molecule has 9 heteroatoms. The highest BCUT2D eigenvalue weighted by Gasteiger charge is 2.35. The summed E-state index contributed by atoms with van der Waals surface area (Å²) in [4.78, 5) is 15.9. The predicted octanol–water partition coefficient (Wildman–Crippen LogP) is 1.67. The quantitative estimate of drug-likeness (QED) is 0.853. The summed E-state index contributed by atoms with van der Waals surface area (Å²) in [6.07, 6.45) is -0.173. The Labute approximate surface area is 161 Å². The Balaban J connectivity index is 1.73.